The zero-order valence-corrected chi connectivity index (χ0v) is 14.6. The molecule has 2 atom stereocenters. The molecule has 2 aromatic rings. The molecule has 0 radical (unpaired) electrons. The van der Waals surface area contributed by atoms with Crippen molar-refractivity contribution in [1.82, 2.24) is 4.90 Å². The minimum Gasteiger partial charge on any atom is -0.497 e. The van der Waals surface area contributed by atoms with E-state index in [1.165, 1.54) is 0 Å². The van der Waals surface area contributed by atoms with Gasteiger partial charge in [0.2, 0.25) is 5.91 Å². The predicted molar refractivity (Wildman–Crippen MR) is 94.3 cm³/mol. The van der Waals surface area contributed by atoms with Crippen molar-refractivity contribution < 1.29 is 19.1 Å². The van der Waals surface area contributed by atoms with Crippen molar-refractivity contribution in [2.24, 2.45) is 0 Å². The number of carbonyl (C=O) groups excluding carboxylic acids is 1. The molecule has 2 heterocycles. The summed E-state index contributed by atoms with van der Waals surface area (Å²) in [5.74, 6) is 1.53. The molecule has 134 valence electrons. The number of rotatable bonds is 7. The number of benzene rings is 1. The van der Waals surface area contributed by atoms with Gasteiger partial charge in [-0.2, -0.15) is 0 Å². The fourth-order valence-corrected chi connectivity index (χ4v) is 3.49. The van der Waals surface area contributed by atoms with Gasteiger partial charge in [-0.3, -0.25) is 4.79 Å². The van der Waals surface area contributed by atoms with E-state index in [1.807, 2.05) is 29.2 Å². The van der Waals surface area contributed by atoms with Crippen LogP contribution in [0.1, 0.15) is 43.1 Å². The van der Waals surface area contributed by atoms with Gasteiger partial charge in [0.25, 0.3) is 0 Å². The Morgan fingerprint density at radius 1 is 1.40 bits per heavy atom. The molecule has 0 saturated carbocycles. The first-order valence-corrected chi connectivity index (χ1v) is 8.81. The summed E-state index contributed by atoms with van der Waals surface area (Å²) in [6.07, 6.45) is 4.51. The maximum absolute atomic E-state index is 12.6. The Hall–Kier alpha value is -2.27. The average Bonchev–Trinajstić information content (AvgIpc) is 3.31. The van der Waals surface area contributed by atoms with Gasteiger partial charge in [0, 0.05) is 25.4 Å². The van der Waals surface area contributed by atoms with Crippen LogP contribution in [0.15, 0.2) is 47.1 Å². The lowest BCUT2D eigenvalue weighted by Crippen LogP contribution is -2.36. The van der Waals surface area contributed by atoms with Crippen molar-refractivity contribution in [2.75, 3.05) is 13.7 Å². The number of aliphatic hydroxyl groups is 1. The van der Waals surface area contributed by atoms with Crippen LogP contribution in [0.4, 0.5) is 0 Å². The summed E-state index contributed by atoms with van der Waals surface area (Å²) < 4.78 is 10.5. The maximum Gasteiger partial charge on any atom is 0.223 e. The van der Waals surface area contributed by atoms with Gasteiger partial charge in [0.05, 0.1) is 13.4 Å². The highest BCUT2D eigenvalue weighted by atomic mass is 16.5. The molecule has 3 rings (SSSR count). The predicted octanol–water partition coefficient (Wildman–Crippen LogP) is 3.34. The highest BCUT2D eigenvalue weighted by molar-refractivity contribution is 5.77. The molecule has 1 aliphatic heterocycles. The molecule has 1 fully saturated rings. The Labute approximate surface area is 148 Å². The van der Waals surface area contributed by atoms with Crippen LogP contribution in [0.3, 0.4) is 0 Å². The second-order valence-corrected chi connectivity index (χ2v) is 6.50. The van der Waals surface area contributed by atoms with Gasteiger partial charge in [-0.25, -0.2) is 0 Å². The summed E-state index contributed by atoms with van der Waals surface area (Å²) in [5, 5.41) is 10.3. The van der Waals surface area contributed by atoms with E-state index in [0.29, 0.717) is 25.0 Å². The normalized spacial score (nSPS) is 18.3. The Morgan fingerprint density at radius 2 is 2.28 bits per heavy atom. The Bertz CT molecular complexity index is 683. The Kier molecular flexibility index (Phi) is 5.76. The lowest BCUT2D eigenvalue weighted by Gasteiger charge is -2.26. The highest BCUT2D eigenvalue weighted by Gasteiger charge is 2.30. The minimum atomic E-state index is -0.660. The molecule has 0 unspecified atom stereocenters. The standard InChI is InChI=1S/C20H25NO4/c1-24-17-7-2-5-15(13-17)9-10-20(23)21-11-3-6-16(21)14-18(22)19-8-4-12-25-19/h2,4-5,7-8,12-13,16,18,22H,3,6,9-11,14H2,1H3/t16-,18+/m0/s1. The molecule has 1 N–H and O–H groups in total. The van der Waals surface area contributed by atoms with Crippen LogP contribution in [0.2, 0.25) is 0 Å². The highest BCUT2D eigenvalue weighted by Crippen LogP contribution is 2.28. The molecule has 1 aliphatic rings. The number of aryl methyl sites for hydroxylation is 1. The third kappa shape index (κ3) is 4.42. The van der Waals surface area contributed by atoms with Crippen LogP contribution in [0, 0.1) is 0 Å². The number of hydrogen-bond donors (Lipinski definition) is 1. The van der Waals surface area contributed by atoms with Crippen molar-refractivity contribution in [3.05, 3.63) is 54.0 Å². The summed E-state index contributed by atoms with van der Waals surface area (Å²) in [6.45, 7) is 0.770. The number of carbonyl (C=O) groups is 1. The minimum absolute atomic E-state index is 0.0814. The van der Waals surface area contributed by atoms with Crippen molar-refractivity contribution in [1.29, 1.82) is 0 Å². The zero-order chi connectivity index (χ0) is 17.6. The molecule has 1 saturated heterocycles. The summed E-state index contributed by atoms with van der Waals surface area (Å²) in [5.41, 5.74) is 1.10. The monoisotopic (exact) mass is 343 g/mol. The number of hydrogen-bond acceptors (Lipinski definition) is 4. The smallest absolute Gasteiger partial charge is 0.223 e. The van der Waals surface area contributed by atoms with Crippen LogP contribution in [-0.2, 0) is 11.2 Å². The van der Waals surface area contributed by atoms with E-state index in [4.69, 9.17) is 9.15 Å². The van der Waals surface area contributed by atoms with Crippen molar-refractivity contribution >= 4 is 5.91 Å². The summed E-state index contributed by atoms with van der Waals surface area (Å²) in [7, 11) is 1.64. The molecule has 25 heavy (non-hydrogen) atoms. The molecule has 1 aromatic carbocycles. The van der Waals surface area contributed by atoms with Gasteiger partial charge in [0.1, 0.15) is 17.6 Å². The Balaban J connectivity index is 1.55. The third-order valence-corrected chi connectivity index (χ3v) is 4.83. The zero-order valence-electron chi connectivity index (χ0n) is 14.6. The number of methoxy groups -OCH3 is 1. The van der Waals surface area contributed by atoms with Gasteiger partial charge in [-0.05, 0) is 49.1 Å². The molecule has 0 spiro atoms. The first-order chi connectivity index (χ1) is 12.2. The van der Waals surface area contributed by atoms with E-state index in [2.05, 4.69) is 0 Å². The SMILES string of the molecule is COc1cccc(CCC(=O)N2CCC[C@H]2C[C@@H](O)c2ccco2)c1. The van der Waals surface area contributed by atoms with E-state index >= 15 is 0 Å². The molecule has 1 aromatic heterocycles. The number of amides is 1. The van der Waals surface area contributed by atoms with Crippen molar-refractivity contribution in [2.45, 2.75) is 44.2 Å². The fraction of sp³-hybridized carbons (Fsp3) is 0.450. The lowest BCUT2D eigenvalue weighted by atomic mass is 10.0. The fourth-order valence-electron chi connectivity index (χ4n) is 3.49. The summed E-state index contributed by atoms with van der Waals surface area (Å²) in [4.78, 5) is 14.6. The molecular formula is C20H25NO4. The summed E-state index contributed by atoms with van der Waals surface area (Å²) >= 11 is 0. The number of ether oxygens (including phenoxy) is 1. The first kappa shape index (κ1) is 17.5. The average molecular weight is 343 g/mol. The molecule has 5 nitrogen and oxygen atoms in total. The molecule has 1 amide bonds. The van der Waals surface area contributed by atoms with Crippen LogP contribution in [0.25, 0.3) is 0 Å². The number of furan rings is 1. The van der Waals surface area contributed by atoms with Crippen molar-refractivity contribution in [3.8, 4) is 5.75 Å². The topological polar surface area (TPSA) is 62.9 Å². The van der Waals surface area contributed by atoms with Gasteiger partial charge in [0.15, 0.2) is 0 Å². The first-order valence-electron chi connectivity index (χ1n) is 8.81. The number of likely N-dealkylation sites (tertiary alicyclic amines) is 1. The molecule has 0 aliphatic carbocycles. The van der Waals surface area contributed by atoms with Crippen LogP contribution in [-0.4, -0.2) is 35.6 Å². The lowest BCUT2D eigenvalue weighted by molar-refractivity contribution is -0.132. The molecule has 0 bridgehead atoms. The number of aliphatic hydroxyl groups excluding tert-OH is 1. The van der Waals surface area contributed by atoms with E-state index in [0.717, 1.165) is 30.7 Å². The van der Waals surface area contributed by atoms with Gasteiger partial charge < -0.3 is 19.2 Å². The van der Waals surface area contributed by atoms with Crippen LogP contribution >= 0.6 is 0 Å². The van der Waals surface area contributed by atoms with E-state index in [-0.39, 0.29) is 11.9 Å². The number of nitrogens with zero attached hydrogens (tertiary/aromatic N) is 1. The molecular weight excluding hydrogens is 318 g/mol. The second kappa shape index (κ2) is 8.21. The Morgan fingerprint density at radius 3 is 3.04 bits per heavy atom. The van der Waals surface area contributed by atoms with E-state index < -0.39 is 6.10 Å². The van der Waals surface area contributed by atoms with Crippen LogP contribution < -0.4 is 4.74 Å². The van der Waals surface area contributed by atoms with Crippen molar-refractivity contribution in [3.63, 3.8) is 0 Å². The van der Waals surface area contributed by atoms with Gasteiger partial charge in [-0.1, -0.05) is 12.1 Å². The van der Waals surface area contributed by atoms with Gasteiger partial charge in [-0.15, -0.1) is 0 Å². The molecule has 5 heteroatoms. The van der Waals surface area contributed by atoms with E-state index in [1.54, 1.807) is 25.5 Å². The second-order valence-electron chi connectivity index (χ2n) is 6.50. The van der Waals surface area contributed by atoms with E-state index in [9.17, 15) is 9.90 Å². The maximum atomic E-state index is 12.6. The largest absolute Gasteiger partial charge is 0.497 e. The van der Waals surface area contributed by atoms with Crippen LogP contribution in [0.5, 0.6) is 5.75 Å². The quantitative estimate of drug-likeness (QED) is 0.837. The third-order valence-electron chi connectivity index (χ3n) is 4.83. The summed E-state index contributed by atoms with van der Waals surface area (Å²) in [6, 6.07) is 11.4. The van der Waals surface area contributed by atoms with Gasteiger partial charge >= 0.3 is 0 Å².